The Morgan fingerprint density at radius 2 is 1.25 bits per heavy atom. The molecule has 0 N–H and O–H groups in total. The Labute approximate surface area is 176 Å². The van der Waals surface area contributed by atoms with E-state index in [1.54, 1.807) is 0 Å². The van der Waals surface area contributed by atoms with E-state index in [-0.39, 0.29) is 13.8 Å². The van der Waals surface area contributed by atoms with Gasteiger partial charge in [-0.05, 0) is 85.7 Å². The Morgan fingerprint density at radius 1 is 0.714 bits per heavy atom. The lowest BCUT2D eigenvalue weighted by atomic mass is 9.79. The summed E-state index contributed by atoms with van der Waals surface area (Å²) in [5, 5.41) is 0. The predicted molar refractivity (Wildman–Crippen MR) is 124 cm³/mol. The summed E-state index contributed by atoms with van der Waals surface area (Å²) in [6.07, 6.45) is 19.3. The molecule has 3 unspecified atom stereocenters. The summed E-state index contributed by atoms with van der Waals surface area (Å²) in [6, 6.07) is 11.0. The highest BCUT2D eigenvalue weighted by molar-refractivity contribution is 7.59. The summed E-state index contributed by atoms with van der Waals surface area (Å²) >= 11 is 0. The van der Waals surface area contributed by atoms with Crippen molar-refractivity contribution >= 4 is 7.92 Å². The predicted octanol–water partition coefficient (Wildman–Crippen LogP) is 8.43. The van der Waals surface area contributed by atoms with Crippen molar-refractivity contribution in [2.45, 2.75) is 113 Å². The third-order valence-corrected chi connectivity index (χ3v) is 12.4. The highest BCUT2D eigenvalue weighted by Gasteiger charge is 2.42. The molecule has 0 bridgehead atoms. The number of hydrogen-bond acceptors (Lipinski definition) is 0. The zero-order valence-corrected chi connectivity index (χ0v) is 19.0. The molecule has 4 atom stereocenters. The molecule has 0 amide bonds. The molecule has 0 spiro atoms. The molecule has 3 aliphatic rings. The van der Waals surface area contributed by atoms with Crippen LogP contribution in [0.25, 0.3) is 0 Å². The van der Waals surface area contributed by atoms with E-state index in [1.807, 2.05) is 0 Å². The van der Waals surface area contributed by atoms with Gasteiger partial charge in [-0.2, -0.15) is 0 Å². The first-order valence-electron chi connectivity index (χ1n) is 12.3. The molecule has 28 heavy (non-hydrogen) atoms. The molecule has 0 aliphatic heterocycles. The lowest BCUT2D eigenvalue weighted by Crippen LogP contribution is -2.32. The van der Waals surface area contributed by atoms with E-state index in [0.29, 0.717) is 5.92 Å². The quantitative estimate of drug-likeness (QED) is 0.423. The van der Waals surface area contributed by atoms with E-state index < -0.39 is 0 Å². The van der Waals surface area contributed by atoms with Crippen molar-refractivity contribution in [2.75, 3.05) is 0 Å². The first-order chi connectivity index (χ1) is 13.8. The van der Waals surface area contributed by atoms with Crippen LogP contribution in [0.5, 0.6) is 0 Å². The Kier molecular flexibility index (Phi) is 7.55. The molecule has 154 valence electrons. The van der Waals surface area contributed by atoms with Crippen LogP contribution in [0.15, 0.2) is 30.3 Å². The van der Waals surface area contributed by atoms with E-state index in [1.165, 1.54) is 89.0 Å². The van der Waals surface area contributed by atoms with E-state index in [0.717, 1.165) is 22.9 Å². The van der Waals surface area contributed by atoms with Gasteiger partial charge in [-0.3, -0.25) is 0 Å². The summed E-state index contributed by atoms with van der Waals surface area (Å²) in [6.45, 7) is 9.57. The van der Waals surface area contributed by atoms with Crippen LogP contribution in [0.1, 0.15) is 102 Å². The molecular formula is C27H41P. The van der Waals surface area contributed by atoms with Gasteiger partial charge in [0.2, 0.25) is 0 Å². The van der Waals surface area contributed by atoms with Gasteiger partial charge in [0.15, 0.2) is 0 Å². The highest BCUT2D eigenvalue weighted by atomic mass is 31.1. The zero-order chi connectivity index (χ0) is 19.3. The van der Waals surface area contributed by atoms with Crippen LogP contribution in [0.3, 0.4) is 0 Å². The molecule has 4 rings (SSSR count). The third-order valence-electron chi connectivity index (χ3n) is 8.35. The monoisotopic (exact) mass is 396 g/mol. The molecule has 0 aromatic heterocycles. The number of rotatable bonds is 6. The molecule has 1 heteroatoms. The van der Waals surface area contributed by atoms with Gasteiger partial charge in [0, 0.05) is 0 Å². The summed E-state index contributed by atoms with van der Waals surface area (Å²) in [5.41, 5.74) is 4.42. The number of hydrogen-bond donors (Lipinski definition) is 0. The first-order valence-corrected chi connectivity index (χ1v) is 13.9. The van der Waals surface area contributed by atoms with Crippen molar-refractivity contribution in [2.24, 2.45) is 11.8 Å². The molecule has 1 aromatic carbocycles. The summed E-state index contributed by atoms with van der Waals surface area (Å²) in [5.74, 6) is 1.81. The lowest BCUT2D eigenvalue weighted by molar-refractivity contribution is 0.346. The average molecular weight is 397 g/mol. The van der Waals surface area contributed by atoms with Gasteiger partial charge < -0.3 is 0 Å². The smallest absolute Gasteiger partial charge is 0.00965 e. The van der Waals surface area contributed by atoms with Crippen LogP contribution in [0.4, 0.5) is 0 Å². The van der Waals surface area contributed by atoms with E-state index in [2.05, 4.69) is 37.3 Å². The lowest BCUT2D eigenvalue weighted by Gasteiger charge is -2.45. The topological polar surface area (TPSA) is 0 Å². The number of benzene rings is 1. The minimum Gasteiger partial charge on any atom is -0.0971 e. The zero-order valence-electron chi connectivity index (χ0n) is 18.1. The van der Waals surface area contributed by atoms with Crippen LogP contribution >= 0.6 is 7.92 Å². The molecule has 3 aliphatic carbocycles. The SMILES string of the molecule is [CH]C(c1ccccc1)C1CCCC1[C@@H](C)P(C1CCCCC1)C1CCCCC1. The second kappa shape index (κ2) is 10.1. The fourth-order valence-corrected chi connectivity index (χ4v) is 11.6. The first kappa shape index (κ1) is 20.9. The summed E-state index contributed by atoms with van der Waals surface area (Å²) < 4.78 is 0. The van der Waals surface area contributed by atoms with Crippen LogP contribution < -0.4 is 0 Å². The largest absolute Gasteiger partial charge is 0.0971 e. The van der Waals surface area contributed by atoms with Crippen molar-refractivity contribution in [1.82, 2.24) is 0 Å². The Morgan fingerprint density at radius 3 is 1.82 bits per heavy atom. The van der Waals surface area contributed by atoms with Crippen LogP contribution in [-0.2, 0) is 0 Å². The Bertz CT molecular complexity index is 551. The van der Waals surface area contributed by atoms with Gasteiger partial charge in [-0.25, -0.2) is 0 Å². The molecule has 3 saturated carbocycles. The molecule has 2 radical (unpaired) electrons. The molecule has 0 heterocycles. The Balaban J connectivity index is 1.53. The second-order valence-electron chi connectivity index (χ2n) is 9.97. The van der Waals surface area contributed by atoms with Crippen molar-refractivity contribution in [3.05, 3.63) is 42.8 Å². The van der Waals surface area contributed by atoms with Crippen molar-refractivity contribution in [1.29, 1.82) is 0 Å². The van der Waals surface area contributed by atoms with Gasteiger partial charge in [0.1, 0.15) is 0 Å². The van der Waals surface area contributed by atoms with Crippen LogP contribution in [0, 0.1) is 18.8 Å². The van der Waals surface area contributed by atoms with Gasteiger partial charge in [0.05, 0.1) is 0 Å². The maximum absolute atomic E-state index is 6.89. The van der Waals surface area contributed by atoms with E-state index in [9.17, 15) is 0 Å². The minimum atomic E-state index is 0.155. The minimum absolute atomic E-state index is 0.155. The fraction of sp³-hybridized carbons (Fsp3) is 0.741. The molecule has 1 aromatic rings. The second-order valence-corrected chi connectivity index (χ2v) is 13.1. The van der Waals surface area contributed by atoms with Gasteiger partial charge in [0.25, 0.3) is 0 Å². The van der Waals surface area contributed by atoms with E-state index in [4.69, 9.17) is 6.92 Å². The van der Waals surface area contributed by atoms with E-state index >= 15 is 0 Å². The molecular weight excluding hydrogens is 355 g/mol. The fourth-order valence-electron chi connectivity index (χ4n) is 6.93. The normalized spacial score (nSPS) is 29.8. The Hall–Kier alpha value is -0.350. The van der Waals surface area contributed by atoms with Crippen LogP contribution in [0.2, 0.25) is 0 Å². The third kappa shape index (κ3) is 4.69. The van der Waals surface area contributed by atoms with Crippen molar-refractivity contribution < 1.29 is 0 Å². The summed E-state index contributed by atoms with van der Waals surface area (Å²) in [4.78, 5) is 0. The van der Waals surface area contributed by atoms with Gasteiger partial charge in [-0.1, -0.05) is 90.1 Å². The van der Waals surface area contributed by atoms with Gasteiger partial charge >= 0.3 is 0 Å². The van der Waals surface area contributed by atoms with Crippen molar-refractivity contribution in [3.8, 4) is 0 Å². The molecule has 0 nitrogen and oxygen atoms in total. The molecule has 3 fully saturated rings. The summed E-state index contributed by atoms with van der Waals surface area (Å²) in [7, 11) is 0.155. The van der Waals surface area contributed by atoms with Gasteiger partial charge in [-0.15, -0.1) is 0 Å². The highest BCUT2D eigenvalue weighted by Crippen LogP contribution is 2.63. The maximum Gasteiger partial charge on any atom is -0.00965 e. The van der Waals surface area contributed by atoms with Crippen LogP contribution in [-0.4, -0.2) is 17.0 Å². The molecule has 0 saturated heterocycles. The van der Waals surface area contributed by atoms with Crippen molar-refractivity contribution in [3.63, 3.8) is 0 Å². The average Bonchev–Trinajstić information content (AvgIpc) is 3.25. The maximum atomic E-state index is 6.89. The standard InChI is InChI=1S/C27H41P/c1-21(23-13-6-3-7-14-23)26-19-12-20-27(26)22(2)28(24-15-8-4-9-16-24)25-17-10-5-11-18-25/h1,3,6-7,13-14,21-22,24-27H,4-5,8-12,15-20H2,2H3/t21?,22-,26?,27?/m1/s1.